The molecule has 0 bridgehead atoms. The van der Waals surface area contributed by atoms with Gasteiger partial charge in [0.1, 0.15) is 0 Å². The maximum absolute atomic E-state index is 12.1. The number of hydrogen-bond acceptors (Lipinski definition) is 4. The van der Waals surface area contributed by atoms with Gasteiger partial charge in [-0.3, -0.25) is 4.98 Å². The third kappa shape index (κ3) is 2.12. The van der Waals surface area contributed by atoms with Gasteiger partial charge in [-0.15, -0.1) is 5.10 Å². The van der Waals surface area contributed by atoms with Gasteiger partial charge < -0.3 is 5.73 Å². The second kappa shape index (κ2) is 4.51. The fraction of sp³-hybridized carbons (Fsp3) is 0.0833. The van der Waals surface area contributed by atoms with E-state index < -0.39 is 0 Å². The number of nitrogens with two attached hydrogens (primary N) is 1. The Hall–Kier alpha value is -2.15. The molecule has 2 heterocycles. The van der Waals surface area contributed by atoms with E-state index >= 15 is 0 Å². The summed E-state index contributed by atoms with van der Waals surface area (Å²) in [7, 11) is 0. The molecule has 0 aliphatic rings. The lowest BCUT2D eigenvalue weighted by Crippen LogP contribution is -2.21. The Bertz CT molecular complexity index is 807. The molecular weight excluding hydrogens is 310 g/mol. The molecule has 3 aromatic rings. The molecule has 96 valence electrons. The van der Waals surface area contributed by atoms with Crippen LogP contribution >= 0.6 is 15.9 Å². The molecule has 2 aromatic heterocycles. The standard InChI is InChI=1S/C12H10BrN5O/c13-10-5-9(14)2-1-8(10)7-18-12(19)17-4-3-15-6-11(17)16-18/h1-6H,7,14H2. The van der Waals surface area contributed by atoms with E-state index in [1.54, 1.807) is 30.7 Å². The van der Waals surface area contributed by atoms with Crippen LogP contribution in [0.25, 0.3) is 5.65 Å². The molecule has 0 atom stereocenters. The van der Waals surface area contributed by atoms with Crippen molar-refractivity contribution in [1.29, 1.82) is 0 Å². The van der Waals surface area contributed by atoms with Crippen molar-refractivity contribution in [3.8, 4) is 0 Å². The molecule has 6 nitrogen and oxygen atoms in total. The predicted octanol–water partition coefficient (Wildman–Crippen LogP) is 1.28. The summed E-state index contributed by atoms with van der Waals surface area (Å²) in [5.74, 6) is 0. The van der Waals surface area contributed by atoms with E-state index in [1.165, 1.54) is 9.08 Å². The second-order valence-electron chi connectivity index (χ2n) is 4.10. The molecule has 1 aromatic carbocycles. The molecule has 0 spiro atoms. The van der Waals surface area contributed by atoms with Crippen LogP contribution in [0.4, 0.5) is 5.69 Å². The smallest absolute Gasteiger partial charge is 0.350 e. The number of nitrogens with zero attached hydrogens (tertiary/aromatic N) is 4. The average Bonchev–Trinajstić information content (AvgIpc) is 2.70. The van der Waals surface area contributed by atoms with Crippen molar-refractivity contribution in [2.24, 2.45) is 0 Å². The Morgan fingerprint density at radius 2 is 2.21 bits per heavy atom. The fourth-order valence-corrected chi connectivity index (χ4v) is 2.36. The summed E-state index contributed by atoms with van der Waals surface area (Å²) in [6.45, 7) is 0.376. The van der Waals surface area contributed by atoms with Gasteiger partial charge in [0.05, 0.1) is 12.7 Å². The molecule has 0 fully saturated rings. The third-order valence-corrected chi connectivity index (χ3v) is 3.52. The van der Waals surface area contributed by atoms with E-state index in [9.17, 15) is 4.79 Å². The van der Waals surface area contributed by atoms with Crippen LogP contribution in [-0.2, 0) is 6.54 Å². The van der Waals surface area contributed by atoms with E-state index in [0.717, 1.165) is 10.0 Å². The van der Waals surface area contributed by atoms with Crippen LogP contribution in [0.3, 0.4) is 0 Å². The molecule has 0 aliphatic carbocycles. The van der Waals surface area contributed by atoms with Crippen molar-refractivity contribution in [3.63, 3.8) is 0 Å². The number of anilines is 1. The number of nitrogen functional groups attached to an aromatic ring is 1. The van der Waals surface area contributed by atoms with E-state index in [2.05, 4.69) is 26.0 Å². The first-order valence-corrected chi connectivity index (χ1v) is 6.37. The Morgan fingerprint density at radius 1 is 1.37 bits per heavy atom. The maximum Gasteiger partial charge on any atom is 0.350 e. The highest BCUT2D eigenvalue weighted by molar-refractivity contribution is 9.10. The summed E-state index contributed by atoms with van der Waals surface area (Å²) in [5, 5.41) is 4.22. The highest BCUT2D eigenvalue weighted by Gasteiger charge is 2.08. The molecule has 19 heavy (non-hydrogen) atoms. The molecule has 0 radical (unpaired) electrons. The van der Waals surface area contributed by atoms with Crippen molar-refractivity contribution < 1.29 is 0 Å². The van der Waals surface area contributed by atoms with Gasteiger partial charge in [-0.05, 0) is 17.7 Å². The van der Waals surface area contributed by atoms with Crippen molar-refractivity contribution in [3.05, 3.63) is 57.3 Å². The molecule has 0 saturated carbocycles. The van der Waals surface area contributed by atoms with E-state index in [4.69, 9.17) is 5.73 Å². The lowest BCUT2D eigenvalue weighted by atomic mass is 10.2. The first-order chi connectivity index (χ1) is 9.15. The minimum absolute atomic E-state index is 0.193. The highest BCUT2D eigenvalue weighted by Crippen LogP contribution is 2.20. The predicted molar refractivity (Wildman–Crippen MR) is 74.9 cm³/mol. The van der Waals surface area contributed by atoms with Gasteiger partial charge in [0.2, 0.25) is 0 Å². The van der Waals surface area contributed by atoms with Crippen LogP contribution in [-0.4, -0.2) is 19.2 Å². The molecule has 0 saturated heterocycles. The Labute approximate surface area is 116 Å². The molecule has 7 heteroatoms. The largest absolute Gasteiger partial charge is 0.399 e. The molecule has 0 amide bonds. The Balaban J connectivity index is 2.06. The topological polar surface area (TPSA) is 78.2 Å². The summed E-state index contributed by atoms with van der Waals surface area (Å²) >= 11 is 3.43. The summed E-state index contributed by atoms with van der Waals surface area (Å²) in [5.41, 5.74) is 7.63. The van der Waals surface area contributed by atoms with Gasteiger partial charge in [0.25, 0.3) is 0 Å². The summed E-state index contributed by atoms with van der Waals surface area (Å²) in [6.07, 6.45) is 4.70. The van der Waals surface area contributed by atoms with Crippen LogP contribution < -0.4 is 11.4 Å². The van der Waals surface area contributed by atoms with Crippen LogP contribution in [0.1, 0.15) is 5.56 Å². The van der Waals surface area contributed by atoms with Crippen LogP contribution in [0.5, 0.6) is 0 Å². The second-order valence-corrected chi connectivity index (χ2v) is 4.95. The van der Waals surface area contributed by atoms with Gasteiger partial charge in [-0.1, -0.05) is 22.0 Å². The minimum atomic E-state index is -0.193. The molecule has 0 unspecified atom stereocenters. The van der Waals surface area contributed by atoms with Crippen LogP contribution in [0, 0.1) is 0 Å². The molecule has 2 N–H and O–H groups in total. The van der Waals surface area contributed by atoms with Crippen LogP contribution in [0.2, 0.25) is 0 Å². The average molecular weight is 320 g/mol. The zero-order valence-electron chi connectivity index (χ0n) is 9.82. The van der Waals surface area contributed by atoms with Gasteiger partial charge in [0, 0.05) is 22.6 Å². The summed E-state index contributed by atoms with van der Waals surface area (Å²) in [6, 6.07) is 5.47. The lowest BCUT2D eigenvalue weighted by molar-refractivity contribution is 0.657. The van der Waals surface area contributed by atoms with Gasteiger partial charge in [0.15, 0.2) is 5.65 Å². The van der Waals surface area contributed by atoms with Crippen molar-refractivity contribution in [2.75, 3.05) is 5.73 Å². The van der Waals surface area contributed by atoms with Gasteiger partial charge >= 0.3 is 5.69 Å². The monoisotopic (exact) mass is 319 g/mol. The third-order valence-electron chi connectivity index (χ3n) is 2.79. The number of fused-ring (bicyclic) bond motifs is 1. The van der Waals surface area contributed by atoms with Crippen molar-refractivity contribution >= 4 is 27.3 Å². The van der Waals surface area contributed by atoms with Crippen molar-refractivity contribution in [1.82, 2.24) is 19.2 Å². The fourth-order valence-electron chi connectivity index (χ4n) is 1.84. The van der Waals surface area contributed by atoms with Crippen LogP contribution in [0.15, 0.2) is 46.1 Å². The summed E-state index contributed by atoms with van der Waals surface area (Å²) in [4.78, 5) is 16.0. The normalized spacial score (nSPS) is 11.0. The van der Waals surface area contributed by atoms with E-state index in [0.29, 0.717) is 17.9 Å². The molecule has 0 aliphatic heterocycles. The number of hydrogen-bond donors (Lipinski definition) is 1. The first kappa shape index (κ1) is 11.9. The number of aromatic nitrogens is 4. The quantitative estimate of drug-likeness (QED) is 0.722. The molecular formula is C12H10BrN5O. The van der Waals surface area contributed by atoms with Gasteiger partial charge in [-0.25, -0.2) is 13.9 Å². The zero-order valence-corrected chi connectivity index (χ0v) is 11.4. The first-order valence-electron chi connectivity index (χ1n) is 5.58. The Morgan fingerprint density at radius 3 is 2.95 bits per heavy atom. The van der Waals surface area contributed by atoms with Crippen molar-refractivity contribution in [2.45, 2.75) is 6.54 Å². The SMILES string of the molecule is Nc1ccc(Cn2nc3cnccn3c2=O)c(Br)c1. The lowest BCUT2D eigenvalue weighted by Gasteiger charge is -2.04. The zero-order chi connectivity index (χ0) is 13.4. The Kier molecular flexibility index (Phi) is 2.83. The maximum atomic E-state index is 12.1. The number of rotatable bonds is 2. The number of benzene rings is 1. The van der Waals surface area contributed by atoms with E-state index in [1.807, 2.05) is 6.07 Å². The molecule has 3 rings (SSSR count). The minimum Gasteiger partial charge on any atom is -0.399 e. The van der Waals surface area contributed by atoms with E-state index in [-0.39, 0.29) is 5.69 Å². The summed E-state index contributed by atoms with van der Waals surface area (Å²) < 4.78 is 3.71. The highest BCUT2D eigenvalue weighted by atomic mass is 79.9. The van der Waals surface area contributed by atoms with Gasteiger partial charge in [-0.2, -0.15) is 0 Å². The number of halogens is 1.